The molecule has 0 N–H and O–H groups in total. The molecule has 0 amide bonds. The fourth-order valence-electron chi connectivity index (χ4n) is 3.00. The number of unbranched alkanes of at least 4 members (excludes halogenated alkanes) is 8. The first-order valence-corrected chi connectivity index (χ1v) is 9.56. The number of alkyl halides is 2. The molecule has 0 heterocycles. The van der Waals surface area contributed by atoms with Crippen LogP contribution in [-0.4, -0.2) is 5.92 Å². The van der Waals surface area contributed by atoms with E-state index in [9.17, 15) is 8.78 Å². The predicted octanol–water partition coefficient (Wildman–Crippen LogP) is 7.57. The van der Waals surface area contributed by atoms with Crippen molar-refractivity contribution in [3.63, 3.8) is 0 Å². The minimum absolute atomic E-state index is 0.0767. The van der Waals surface area contributed by atoms with Gasteiger partial charge in [-0.1, -0.05) is 82.2 Å². The zero-order chi connectivity index (χ0) is 16.8. The SMILES string of the molecule is CCCCCCCCC(F)(F)CCCCCCc1ccccc1. The number of hydrogen-bond donors (Lipinski definition) is 0. The van der Waals surface area contributed by atoms with Crippen LogP contribution in [0, 0.1) is 0 Å². The third-order valence-corrected chi connectivity index (χ3v) is 4.50. The van der Waals surface area contributed by atoms with Gasteiger partial charge in [0.25, 0.3) is 0 Å². The van der Waals surface area contributed by atoms with E-state index in [2.05, 4.69) is 31.2 Å². The van der Waals surface area contributed by atoms with Gasteiger partial charge in [-0.2, -0.15) is 0 Å². The maximum atomic E-state index is 13.8. The van der Waals surface area contributed by atoms with E-state index in [1.807, 2.05) is 6.07 Å². The van der Waals surface area contributed by atoms with E-state index >= 15 is 0 Å². The van der Waals surface area contributed by atoms with E-state index in [1.54, 1.807) is 0 Å². The van der Waals surface area contributed by atoms with Crippen LogP contribution in [0.5, 0.6) is 0 Å². The number of aryl methyl sites for hydroxylation is 1. The molecule has 1 rings (SSSR count). The second-order valence-electron chi connectivity index (χ2n) is 6.77. The molecular formula is C21H34F2. The maximum absolute atomic E-state index is 13.8. The molecule has 1 aromatic carbocycles. The van der Waals surface area contributed by atoms with E-state index in [1.165, 1.54) is 24.8 Å². The molecule has 23 heavy (non-hydrogen) atoms. The highest BCUT2D eigenvalue weighted by Crippen LogP contribution is 2.28. The van der Waals surface area contributed by atoms with Crippen LogP contribution in [0.15, 0.2) is 30.3 Å². The summed E-state index contributed by atoms with van der Waals surface area (Å²) in [6.45, 7) is 2.17. The van der Waals surface area contributed by atoms with E-state index in [-0.39, 0.29) is 12.8 Å². The molecule has 0 unspecified atom stereocenters. The normalized spacial score (nSPS) is 11.8. The fourth-order valence-corrected chi connectivity index (χ4v) is 3.00. The zero-order valence-electron chi connectivity index (χ0n) is 14.8. The third kappa shape index (κ3) is 11.3. The lowest BCUT2D eigenvalue weighted by molar-refractivity contribution is -0.0206. The van der Waals surface area contributed by atoms with Gasteiger partial charge in [0.2, 0.25) is 5.92 Å². The van der Waals surface area contributed by atoms with Gasteiger partial charge < -0.3 is 0 Å². The molecule has 0 fully saturated rings. The Kier molecular flexibility index (Phi) is 10.9. The van der Waals surface area contributed by atoms with Crippen LogP contribution >= 0.6 is 0 Å². The molecule has 0 saturated carbocycles. The fraction of sp³-hybridized carbons (Fsp3) is 0.714. The molecular weight excluding hydrogens is 290 g/mol. The van der Waals surface area contributed by atoms with Gasteiger partial charge in [0.15, 0.2) is 0 Å². The van der Waals surface area contributed by atoms with Crippen LogP contribution in [0.1, 0.15) is 89.5 Å². The van der Waals surface area contributed by atoms with Crippen molar-refractivity contribution in [2.75, 3.05) is 0 Å². The van der Waals surface area contributed by atoms with Crippen molar-refractivity contribution in [2.24, 2.45) is 0 Å². The standard InChI is InChI=1S/C21H34F2/c1-2-3-4-5-7-13-18-21(22,23)19-14-8-6-10-15-20-16-11-9-12-17-20/h9,11-12,16-17H,2-8,10,13-15,18-19H2,1H3. The first kappa shape index (κ1) is 20.1. The van der Waals surface area contributed by atoms with Crippen LogP contribution in [0.25, 0.3) is 0 Å². The summed E-state index contributed by atoms with van der Waals surface area (Å²) in [6, 6.07) is 10.4. The summed E-state index contributed by atoms with van der Waals surface area (Å²) in [5.41, 5.74) is 1.35. The monoisotopic (exact) mass is 324 g/mol. The molecule has 0 saturated heterocycles. The Hall–Kier alpha value is -0.920. The van der Waals surface area contributed by atoms with Crippen molar-refractivity contribution in [1.82, 2.24) is 0 Å². The highest BCUT2D eigenvalue weighted by molar-refractivity contribution is 5.14. The van der Waals surface area contributed by atoms with Gasteiger partial charge in [-0.25, -0.2) is 8.78 Å². The zero-order valence-corrected chi connectivity index (χ0v) is 14.8. The van der Waals surface area contributed by atoms with Crippen molar-refractivity contribution < 1.29 is 8.78 Å². The Morgan fingerprint density at radius 3 is 1.83 bits per heavy atom. The van der Waals surface area contributed by atoms with E-state index in [0.29, 0.717) is 12.8 Å². The minimum Gasteiger partial charge on any atom is -0.207 e. The van der Waals surface area contributed by atoms with Crippen molar-refractivity contribution in [2.45, 2.75) is 96.3 Å². The average molecular weight is 324 g/mol. The van der Waals surface area contributed by atoms with Crippen LogP contribution < -0.4 is 0 Å². The molecule has 0 nitrogen and oxygen atoms in total. The Labute approximate surface area is 141 Å². The van der Waals surface area contributed by atoms with E-state index < -0.39 is 5.92 Å². The number of rotatable bonds is 14. The van der Waals surface area contributed by atoms with Gasteiger partial charge in [-0.15, -0.1) is 0 Å². The second kappa shape index (κ2) is 12.5. The van der Waals surface area contributed by atoms with Crippen molar-refractivity contribution in [3.8, 4) is 0 Å². The first-order valence-electron chi connectivity index (χ1n) is 9.56. The van der Waals surface area contributed by atoms with E-state index in [0.717, 1.165) is 38.5 Å². The van der Waals surface area contributed by atoms with Crippen LogP contribution in [0.3, 0.4) is 0 Å². The van der Waals surface area contributed by atoms with E-state index in [4.69, 9.17) is 0 Å². The summed E-state index contributed by atoms with van der Waals surface area (Å²) >= 11 is 0. The van der Waals surface area contributed by atoms with Crippen molar-refractivity contribution >= 4 is 0 Å². The highest BCUT2D eigenvalue weighted by atomic mass is 19.3. The molecule has 0 aliphatic carbocycles. The number of benzene rings is 1. The number of halogens is 2. The minimum atomic E-state index is -2.44. The topological polar surface area (TPSA) is 0 Å². The quantitative estimate of drug-likeness (QED) is 0.310. The third-order valence-electron chi connectivity index (χ3n) is 4.50. The van der Waals surface area contributed by atoms with Gasteiger partial charge in [-0.05, 0) is 31.2 Å². The lowest BCUT2D eigenvalue weighted by Gasteiger charge is -2.16. The molecule has 1 aromatic rings. The van der Waals surface area contributed by atoms with Crippen molar-refractivity contribution in [3.05, 3.63) is 35.9 Å². The van der Waals surface area contributed by atoms with Gasteiger partial charge in [0.1, 0.15) is 0 Å². The van der Waals surface area contributed by atoms with Crippen LogP contribution in [0.4, 0.5) is 8.78 Å². The molecule has 0 atom stereocenters. The Balaban J connectivity index is 1.96. The summed E-state index contributed by atoms with van der Waals surface area (Å²) in [4.78, 5) is 0. The molecule has 0 aliphatic rings. The van der Waals surface area contributed by atoms with Crippen LogP contribution in [0.2, 0.25) is 0 Å². The van der Waals surface area contributed by atoms with Gasteiger partial charge in [0, 0.05) is 12.8 Å². The average Bonchev–Trinajstić information content (AvgIpc) is 2.55. The molecule has 0 aliphatic heterocycles. The van der Waals surface area contributed by atoms with Gasteiger partial charge in [0.05, 0.1) is 0 Å². The molecule has 0 spiro atoms. The van der Waals surface area contributed by atoms with Gasteiger partial charge >= 0.3 is 0 Å². The Bertz CT molecular complexity index is 373. The lowest BCUT2D eigenvalue weighted by atomic mass is 10.0. The summed E-state index contributed by atoms with van der Waals surface area (Å²) in [7, 11) is 0. The van der Waals surface area contributed by atoms with Gasteiger partial charge in [-0.3, -0.25) is 0 Å². The molecule has 0 aromatic heterocycles. The summed E-state index contributed by atoms with van der Waals surface area (Å²) in [5, 5.41) is 0. The lowest BCUT2D eigenvalue weighted by Crippen LogP contribution is -2.15. The maximum Gasteiger partial charge on any atom is 0.248 e. The summed E-state index contributed by atoms with van der Waals surface area (Å²) < 4.78 is 27.5. The largest absolute Gasteiger partial charge is 0.248 e. The molecule has 0 bridgehead atoms. The Morgan fingerprint density at radius 2 is 1.22 bits per heavy atom. The smallest absolute Gasteiger partial charge is 0.207 e. The summed E-state index contributed by atoms with van der Waals surface area (Å²) in [6.07, 6.45) is 11.4. The van der Waals surface area contributed by atoms with Crippen LogP contribution in [-0.2, 0) is 6.42 Å². The summed E-state index contributed by atoms with van der Waals surface area (Å²) in [5.74, 6) is -2.44. The first-order chi connectivity index (χ1) is 11.1. The predicted molar refractivity (Wildman–Crippen MR) is 96.2 cm³/mol. The molecule has 2 heteroatoms. The van der Waals surface area contributed by atoms with Crippen molar-refractivity contribution in [1.29, 1.82) is 0 Å². The Morgan fingerprint density at radius 1 is 0.696 bits per heavy atom. The number of hydrogen-bond acceptors (Lipinski definition) is 0. The second-order valence-corrected chi connectivity index (χ2v) is 6.77. The highest BCUT2D eigenvalue weighted by Gasteiger charge is 2.26. The molecule has 0 radical (unpaired) electrons. The molecule has 132 valence electrons.